The molecule has 1 fully saturated rings. The fourth-order valence-corrected chi connectivity index (χ4v) is 3.98. The number of amides is 1. The molecule has 5 nitrogen and oxygen atoms in total. The average molecular weight is 397 g/mol. The molecule has 0 spiro atoms. The quantitative estimate of drug-likeness (QED) is 0.705. The molecule has 0 unspecified atom stereocenters. The minimum atomic E-state index is 0.0633. The highest BCUT2D eigenvalue weighted by Gasteiger charge is 2.21. The number of aryl methyl sites for hydroxylation is 1. The van der Waals surface area contributed by atoms with Crippen LogP contribution < -0.4 is 14.8 Å². The van der Waals surface area contributed by atoms with Crippen LogP contribution in [0.3, 0.4) is 0 Å². The van der Waals surface area contributed by atoms with Gasteiger partial charge in [0, 0.05) is 12.6 Å². The third-order valence-electron chi connectivity index (χ3n) is 5.47. The van der Waals surface area contributed by atoms with Crippen molar-refractivity contribution in [3.63, 3.8) is 0 Å². The van der Waals surface area contributed by atoms with Crippen molar-refractivity contribution in [2.24, 2.45) is 0 Å². The van der Waals surface area contributed by atoms with Crippen LogP contribution in [0.1, 0.15) is 30.4 Å². The molecule has 0 radical (unpaired) electrons. The van der Waals surface area contributed by atoms with Crippen molar-refractivity contribution in [3.05, 3.63) is 59.7 Å². The topological polar surface area (TPSA) is 50.8 Å². The van der Waals surface area contributed by atoms with Crippen LogP contribution in [-0.4, -0.2) is 50.7 Å². The van der Waals surface area contributed by atoms with E-state index in [0.717, 1.165) is 50.9 Å². The van der Waals surface area contributed by atoms with E-state index in [2.05, 4.69) is 40.5 Å². The molecule has 1 amide bonds. The van der Waals surface area contributed by atoms with Gasteiger partial charge in [0.05, 0.1) is 20.6 Å². The van der Waals surface area contributed by atoms with E-state index in [-0.39, 0.29) is 11.9 Å². The molecule has 2 aromatic rings. The van der Waals surface area contributed by atoms with Crippen molar-refractivity contribution in [2.75, 3.05) is 33.9 Å². The molecule has 156 valence electrons. The van der Waals surface area contributed by atoms with E-state index in [1.54, 1.807) is 14.2 Å². The van der Waals surface area contributed by atoms with E-state index in [4.69, 9.17) is 9.47 Å². The van der Waals surface area contributed by atoms with Crippen LogP contribution >= 0.6 is 0 Å². The Morgan fingerprint density at radius 1 is 1.07 bits per heavy atom. The number of piperidine rings is 1. The summed E-state index contributed by atoms with van der Waals surface area (Å²) in [5.41, 5.74) is 2.32. The summed E-state index contributed by atoms with van der Waals surface area (Å²) >= 11 is 0. The molecule has 0 aliphatic carbocycles. The molecule has 0 bridgehead atoms. The number of hydrogen-bond acceptors (Lipinski definition) is 4. The van der Waals surface area contributed by atoms with Gasteiger partial charge in [0.1, 0.15) is 0 Å². The van der Waals surface area contributed by atoms with Gasteiger partial charge >= 0.3 is 0 Å². The number of likely N-dealkylation sites (tertiary alicyclic amines) is 1. The van der Waals surface area contributed by atoms with Crippen molar-refractivity contribution in [1.29, 1.82) is 0 Å². The fourth-order valence-electron chi connectivity index (χ4n) is 3.98. The molecule has 29 heavy (non-hydrogen) atoms. The molecule has 3 rings (SSSR count). The number of ether oxygens (including phenoxy) is 2. The number of nitrogens with zero attached hydrogens (tertiary/aromatic N) is 1. The number of methoxy groups -OCH3 is 2. The second-order valence-electron chi connectivity index (χ2n) is 7.66. The van der Waals surface area contributed by atoms with Crippen molar-refractivity contribution in [2.45, 2.75) is 38.1 Å². The van der Waals surface area contributed by atoms with Crippen LogP contribution in [0.25, 0.3) is 0 Å². The lowest BCUT2D eigenvalue weighted by molar-refractivity contribution is -0.121. The zero-order valence-electron chi connectivity index (χ0n) is 17.5. The van der Waals surface area contributed by atoms with E-state index in [0.29, 0.717) is 17.9 Å². The van der Waals surface area contributed by atoms with Gasteiger partial charge in [-0.3, -0.25) is 4.79 Å². The molecule has 5 heteroatoms. The molecular formula is C24H32N2O3. The Morgan fingerprint density at radius 3 is 2.62 bits per heavy atom. The van der Waals surface area contributed by atoms with Gasteiger partial charge in [-0.15, -0.1) is 0 Å². The van der Waals surface area contributed by atoms with Crippen molar-refractivity contribution < 1.29 is 14.3 Å². The molecule has 1 heterocycles. The Hall–Kier alpha value is -2.53. The number of carbonyl (C=O) groups excluding carboxylic acids is 1. The summed E-state index contributed by atoms with van der Waals surface area (Å²) in [4.78, 5) is 15.0. The third kappa shape index (κ3) is 6.50. The maximum atomic E-state index is 12.5. The van der Waals surface area contributed by atoms with Crippen LogP contribution in [0, 0.1) is 0 Å². The lowest BCUT2D eigenvalue weighted by atomic mass is 10.0. The smallest absolute Gasteiger partial charge is 0.224 e. The number of hydrogen-bond donors (Lipinski definition) is 1. The van der Waals surface area contributed by atoms with Gasteiger partial charge in [-0.05, 0) is 62.0 Å². The standard InChI is InChI=1S/C24H32N2O3/c1-28-22-13-12-20(16-23(22)29-2)17-24(27)25-21-11-7-15-26(18-21)14-6-10-19-8-4-3-5-9-19/h3-5,8-9,12-13,16,21H,6-7,10-11,14-15,17-18H2,1-2H3,(H,25,27)/t21-/m0/s1. The summed E-state index contributed by atoms with van der Waals surface area (Å²) < 4.78 is 10.6. The highest BCUT2D eigenvalue weighted by atomic mass is 16.5. The SMILES string of the molecule is COc1ccc(CC(=O)N[C@H]2CCCN(CCCc3ccccc3)C2)cc1OC. The predicted octanol–water partition coefficient (Wildman–Crippen LogP) is 3.46. The first-order valence-corrected chi connectivity index (χ1v) is 10.4. The van der Waals surface area contributed by atoms with Gasteiger partial charge in [0.25, 0.3) is 0 Å². The van der Waals surface area contributed by atoms with Gasteiger partial charge in [-0.25, -0.2) is 0 Å². The van der Waals surface area contributed by atoms with Crippen LogP contribution in [0.5, 0.6) is 11.5 Å². The molecule has 1 saturated heterocycles. The molecule has 1 atom stereocenters. The number of nitrogens with one attached hydrogen (secondary N) is 1. The predicted molar refractivity (Wildman–Crippen MR) is 116 cm³/mol. The van der Waals surface area contributed by atoms with E-state index in [1.807, 2.05) is 18.2 Å². The molecule has 1 N–H and O–H groups in total. The van der Waals surface area contributed by atoms with Crippen molar-refractivity contribution >= 4 is 5.91 Å². The Labute approximate surface area is 174 Å². The van der Waals surface area contributed by atoms with Gasteiger partial charge in [0.2, 0.25) is 5.91 Å². The molecule has 0 aromatic heterocycles. The lowest BCUT2D eigenvalue weighted by Gasteiger charge is -2.33. The van der Waals surface area contributed by atoms with Crippen molar-refractivity contribution in [1.82, 2.24) is 10.2 Å². The van der Waals surface area contributed by atoms with Crippen molar-refractivity contribution in [3.8, 4) is 11.5 Å². The number of benzene rings is 2. The van der Waals surface area contributed by atoms with Gasteiger partial charge in [-0.1, -0.05) is 36.4 Å². The third-order valence-corrected chi connectivity index (χ3v) is 5.47. The van der Waals surface area contributed by atoms with Crippen LogP contribution in [0.15, 0.2) is 48.5 Å². The van der Waals surface area contributed by atoms with E-state index < -0.39 is 0 Å². The van der Waals surface area contributed by atoms with E-state index >= 15 is 0 Å². The Morgan fingerprint density at radius 2 is 1.86 bits per heavy atom. The minimum absolute atomic E-state index is 0.0633. The van der Waals surface area contributed by atoms with Gasteiger partial charge < -0.3 is 19.7 Å². The summed E-state index contributed by atoms with van der Waals surface area (Å²) in [7, 11) is 3.22. The van der Waals surface area contributed by atoms with E-state index in [1.165, 1.54) is 5.56 Å². The van der Waals surface area contributed by atoms with E-state index in [9.17, 15) is 4.79 Å². The fraction of sp³-hybridized carbons (Fsp3) is 0.458. The summed E-state index contributed by atoms with van der Waals surface area (Å²) in [6, 6.07) is 16.5. The number of carbonyl (C=O) groups is 1. The normalized spacial score (nSPS) is 17.0. The molecule has 0 saturated carbocycles. The molecule has 2 aromatic carbocycles. The minimum Gasteiger partial charge on any atom is -0.493 e. The summed E-state index contributed by atoms with van der Waals surface area (Å²) in [5.74, 6) is 1.39. The Balaban J connectivity index is 1.44. The first-order valence-electron chi connectivity index (χ1n) is 10.4. The van der Waals surface area contributed by atoms with Crippen LogP contribution in [0.2, 0.25) is 0 Å². The highest BCUT2D eigenvalue weighted by Crippen LogP contribution is 2.27. The Kier molecular flexibility index (Phi) is 7.94. The molecule has 1 aliphatic rings. The van der Waals surface area contributed by atoms with Gasteiger partial charge in [0.15, 0.2) is 11.5 Å². The maximum absolute atomic E-state index is 12.5. The number of rotatable bonds is 9. The maximum Gasteiger partial charge on any atom is 0.224 e. The largest absolute Gasteiger partial charge is 0.493 e. The lowest BCUT2D eigenvalue weighted by Crippen LogP contribution is -2.48. The second kappa shape index (κ2) is 10.9. The monoisotopic (exact) mass is 396 g/mol. The Bertz CT molecular complexity index is 779. The van der Waals surface area contributed by atoms with Gasteiger partial charge in [-0.2, -0.15) is 0 Å². The first-order chi connectivity index (χ1) is 14.2. The zero-order chi connectivity index (χ0) is 20.5. The van der Waals surface area contributed by atoms with Crippen LogP contribution in [0.4, 0.5) is 0 Å². The summed E-state index contributed by atoms with van der Waals surface area (Å²) in [6.07, 6.45) is 4.79. The second-order valence-corrected chi connectivity index (χ2v) is 7.66. The zero-order valence-corrected chi connectivity index (χ0v) is 17.5. The molecule has 1 aliphatic heterocycles. The summed E-state index contributed by atoms with van der Waals surface area (Å²) in [6.45, 7) is 3.14. The first kappa shape index (κ1) is 21.2. The average Bonchev–Trinajstić information content (AvgIpc) is 2.74. The molecular weight excluding hydrogens is 364 g/mol. The van der Waals surface area contributed by atoms with Crippen LogP contribution in [-0.2, 0) is 17.6 Å². The summed E-state index contributed by atoms with van der Waals surface area (Å²) in [5, 5.41) is 3.22. The highest BCUT2D eigenvalue weighted by molar-refractivity contribution is 5.79.